The summed E-state index contributed by atoms with van der Waals surface area (Å²) in [5.74, 6) is 0.581. The van der Waals surface area contributed by atoms with E-state index in [0.29, 0.717) is 12.4 Å². The summed E-state index contributed by atoms with van der Waals surface area (Å²) in [6.45, 7) is 2.63. The maximum Gasteiger partial charge on any atom is 1.00 e. The molecule has 0 bridgehead atoms. The Morgan fingerprint density at radius 2 is 1.89 bits per heavy atom. The molecule has 0 heterocycles. The van der Waals surface area contributed by atoms with Crippen molar-refractivity contribution < 1.29 is 52.4 Å². The number of unbranched alkanes of at least 4 members (excludes halogenated alkanes) is 1. The van der Waals surface area contributed by atoms with Crippen molar-refractivity contribution in [3.8, 4) is 5.75 Å². The van der Waals surface area contributed by atoms with E-state index in [1.807, 2.05) is 6.92 Å². The van der Waals surface area contributed by atoms with Crippen molar-refractivity contribution in [2.24, 2.45) is 0 Å². The number of hydrogen-bond donors (Lipinski definition) is 1. The minimum Gasteiger partial charge on any atom is -0.746 e. The Morgan fingerprint density at radius 1 is 1.33 bits per heavy atom. The normalized spacial score (nSPS) is 12.6. The molecule has 0 spiro atoms. The average Bonchev–Trinajstić information content (AvgIpc) is 2.28. The quantitative estimate of drug-likeness (QED) is 0.386. The molecule has 0 aromatic heterocycles. The van der Waals surface area contributed by atoms with E-state index in [-0.39, 0.29) is 35.1 Å². The first-order chi connectivity index (χ1) is 7.95. The Kier molecular flexibility index (Phi) is 8.09. The maximum absolute atomic E-state index is 10.6. The van der Waals surface area contributed by atoms with Crippen LogP contribution < -0.4 is 34.3 Å². The van der Waals surface area contributed by atoms with Crippen molar-refractivity contribution in [2.75, 3.05) is 6.61 Å². The zero-order valence-corrected chi connectivity index (χ0v) is 13.3. The summed E-state index contributed by atoms with van der Waals surface area (Å²) in [4.78, 5) is 0. The smallest absolute Gasteiger partial charge is 0.746 e. The largest absolute Gasteiger partial charge is 1.00 e. The summed E-state index contributed by atoms with van der Waals surface area (Å²) < 4.78 is 37.1. The Bertz CT molecular complexity index is 443. The van der Waals surface area contributed by atoms with E-state index in [1.54, 1.807) is 0 Å². The number of rotatable bonds is 6. The second kappa shape index (κ2) is 8.14. The molecular weight excluding hydrogens is 267 g/mol. The van der Waals surface area contributed by atoms with E-state index in [1.165, 1.54) is 24.3 Å². The fourth-order valence-electron chi connectivity index (χ4n) is 1.23. The molecule has 0 fully saturated rings. The first-order valence-electron chi connectivity index (χ1n) is 5.30. The summed E-state index contributed by atoms with van der Waals surface area (Å²) in [6, 6.07) is 5.78. The number of aliphatic hydroxyl groups is 1. The number of ether oxygens (including phenoxy) is 1. The fourth-order valence-corrected chi connectivity index (χ4v) is 1.72. The van der Waals surface area contributed by atoms with Gasteiger partial charge >= 0.3 is 29.6 Å². The molecule has 1 rings (SSSR count). The van der Waals surface area contributed by atoms with Gasteiger partial charge in [-0.3, -0.25) is 0 Å². The topological polar surface area (TPSA) is 86.7 Å². The molecule has 0 radical (unpaired) electrons. The van der Waals surface area contributed by atoms with Crippen LogP contribution in [0.4, 0.5) is 0 Å². The second-order valence-corrected chi connectivity index (χ2v) is 5.05. The third-order valence-corrected chi connectivity index (χ3v) is 3.02. The third-order valence-electron chi connectivity index (χ3n) is 2.21. The standard InChI is InChI=1S/C11H16O5S.Na/c1-2-3-8-16-10-6-4-9(5-7-10)11(12)17(13,14)15;/h4-7,11-12H,2-3,8H2,1H3,(H,13,14,15);/q;+1/p-1. The van der Waals surface area contributed by atoms with Crippen molar-refractivity contribution >= 4 is 10.1 Å². The van der Waals surface area contributed by atoms with E-state index in [2.05, 4.69) is 0 Å². The number of aliphatic hydroxyl groups excluding tert-OH is 1. The molecule has 1 N–H and O–H groups in total. The molecule has 5 nitrogen and oxygen atoms in total. The Hall–Kier alpha value is -0.110. The molecule has 0 aliphatic heterocycles. The van der Waals surface area contributed by atoms with E-state index >= 15 is 0 Å². The van der Waals surface area contributed by atoms with Gasteiger partial charge in [0.1, 0.15) is 15.9 Å². The molecule has 1 atom stereocenters. The minimum absolute atomic E-state index is 0. The van der Waals surface area contributed by atoms with Gasteiger partial charge in [-0.25, -0.2) is 8.42 Å². The van der Waals surface area contributed by atoms with E-state index in [0.717, 1.165) is 12.8 Å². The van der Waals surface area contributed by atoms with Crippen LogP contribution in [0.2, 0.25) is 0 Å². The monoisotopic (exact) mass is 282 g/mol. The van der Waals surface area contributed by atoms with Gasteiger partial charge in [-0.1, -0.05) is 25.5 Å². The van der Waals surface area contributed by atoms with E-state index in [4.69, 9.17) is 4.74 Å². The molecule has 18 heavy (non-hydrogen) atoms. The molecule has 0 saturated carbocycles. The van der Waals surface area contributed by atoms with Crippen LogP contribution in [0.15, 0.2) is 24.3 Å². The molecule has 7 heteroatoms. The van der Waals surface area contributed by atoms with Crippen LogP contribution in [0, 0.1) is 0 Å². The van der Waals surface area contributed by atoms with Gasteiger partial charge in [0.2, 0.25) is 0 Å². The van der Waals surface area contributed by atoms with Gasteiger partial charge in [-0.2, -0.15) is 0 Å². The van der Waals surface area contributed by atoms with Crippen molar-refractivity contribution in [3.05, 3.63) is 29.8 Å². The molecule has 1 unspecified atom stereocenters. The van der Waals surface area contributed by atoms with Gasteiger partial charge in [0.25, 0.3) is 0 Å². The van der Waals surface area contributed by atoms with Gasteiger partial charge in [-0.15, -0.1) is 0 Å². The van der Waals surface area contributed by atoms with Crippen LogP contribution in [0.25, 0.3) is 0 Å². The molecule has 0 saturated heterocycles. The second-order valence-electron chi connectivity index (χ2n) is 3.62. The third kappa shape index (κ3) is 5.69. The first kappa shape index (κ1) is 17.9. The van der Waals surface area contributed by atoms with Gasteiger partial charge in [0.15, 0.2) is 5.44 Å². The number of hydrogen-bond acceptors (Lipinski definition) is 5. The predicted octanol–water partition coefficient (Wildman–Crippen LogP) is -1.59. The summed E-state index contributed by atoms with van der Waals surface area (Å²) in [6.07, 6.45) is 1.95. The maximum atomic E-state index is 10.6. The van der Waals surface area contributed by atoms with Crippen LogP contribution in [-0.4, -0.2) is 24.7 Å². The molecular formula is C11H15NaO5S. The van der Waals surface area contributed by atoms with Crippen LogP contribution in [0.1, 0.15) is 30.8 Å². The van der Waals surface area contributed by atoms with Crippen molar-refractivity contribution in [2.45, 2.75) is 25.2 Å². The molecule has 1 aromatic carbocycles. The van der Waals surface area contributed by atoms with Crippen LogP contribution in [0.5, 0.6) is 5.75 Å². The molecule has 0 amide bonds. The molecule has 96 valence electrons. The van der Waals surface area contributed by atoms with Gasteiger partial charge in [0, 0.05) is 0 Å². The average molecular weight is 282 g/mol. The van der Waals surface area contributed by atoms with E-state index < -0.39 is 15.6 Å². The first-order valence-corrected chi connectivity index (χ1v) is 6.78. The molecule has 0 aliphatic carbocycles. The Labute approximate surface area is 129 Å². The zero-order chi connectivity index (χ0) is 12.9. The van der Waals surface area contributed by atoms with Crippen LogP contribution in [0.3, 0.4) is 0 Å². The summed E-state index contributed by atoms with van der Waals surface area (Å²) >= 11 is 0. The Morgan fingerprint density at radius 3 is 2.33 bits per heavy atom. The van der Waals surface area contributed by atoms with Gasteiger partial charge in [-0.05, 0) is 24.1 Å². The fraction of sp³-hybridized carbons (Fsp3) is 0.455. The number of benzene rings is 1. The molecule has 0 aliphatic rings. The van der Waals surface area contributed by atoms with Crippen LogP contribution in [-0.2, 0) is 10.1 Å². The van der Waals surface area contributed by atoms with Gasteiger partial charge in [0.05, 0.1) is 6.61 Å². The predicted molar refractivity (Wildman–Crippen MR) is 61.5 cm³/mol. The summed E-state index contributed by atoms with van der Waals surface area (Å²) in [5, 5.41) is 9.22. The molecule has 1 aromatic rings. The minimum atomic E-state index is -4.72. The van der Waals surface area contributed by atoms with Gasteiger partial charge < -0.3 is 14.4 Å². The van der Waals surface area contributed by atoms with E-state index in [9.17, 15) is 18.1 Å². The van der Waals surface area contributed by atoms with Crippen molar-refractivity contribution in [1.82, 2.24) is 0 Å². The summed E-state index contributed by atoms with van der Waals surface area (Å²) in [7, 11) is -4.72. The summed E-state index contributed by atoms with van der Waals surface area (Å²) in [5.41, 5.74) is -1.98. The Balaban J connectivity index is 0.00000289. The van der Waals surface area contributed by atoms with Crippen molar-refractivity contribution in [1.29, 1.82) is 0 Å². The SMILES string of the molecule is CCCCOc1ccc(C(O)S(=O)(=O)[O-])cc1.[Na+]. The van der Waals surface area contributed by atoms with Crippen LogP contribution >= 0.6 is 0 Å². The van der Waals surface area contributed by atoms with Crippen molar-refractivity contribution in [3.63, 3.8) is 0 Å². The zero-order valence-electron chi connectivity index (χ0n) is 10.5.